The first-order valence-electron chi connectivity index (χ1n) is 3.70. The summed E-state index contributed by atoms with van der Waals surface area (Å²) in [6.45, 7) is 9.14. The van der Waals surface area contributed by atoms with Crippen molar-refractivity contribution in [3.63, 3.8) is 0 Å². The molecule has 56 valence electrons. The van der Waals surface area contributed by atoms with Crippen molar-refractivity contribution >= 4 is 11.8 Å². The van der Waals surface area contributed by atoms with E-state index in [4.69, 9.17) is 0 Å². The lowest BCUT2D eigenvalue weighted by Crippen LogP contribution is -2.12. The van der Waals surface area contributed by atoms with Crippen molar-refractivity contribution in [2.24, 2.45) is 5.41 Å². The molecule has 0 fully saturated rings. The molecule has 0 nitrogen and oxygen atoms in total. The van der Waals surface area contributed by atoms with Gasteiger partial charge in [0, 0.05) is 0 Å². The number of hydrogen-bond donors (Lipinski definition) is 0. The third-order valence-corrected chi connectivity index (χ3v) is 3.05. The van der Waals surface area contributed by atoms with Gasteiger partial charge >= 0.3 is 0 Å². The van der Waals surface area contributed by atoms with Gasteiger partial charge in [-0.2, -0.15) is 11.8 Å². The van der Waals surface area contributed by atoms with Gasteiger partial charge in [-0.15, -0.1) is 0 Å². The van der Waals surface area contributed by atoms with E-state index in [0.29, 0.717) is 5.41 Å². The lowest BCUT2D eigenvalue weighted by Gasteiger charge is -2.21. The van der Waals surface area contributed by atoms with Gasteiger partial charge in [0.25, 0.3) is 0 Å². The zero-order valence-electron chi connectivity index (χ0n) is 7.03. The average molecular weight is 146 g/mol. The van der Waals surface area contributed by atoms with Gasteiger partial charge in [-0.3, -0.25) is 0 Å². The van der Waals surface area contributed by atoms with Crippen LogP contribution in [0.4, 0.5) is 0 Å². The van der Waals surface area contributed by atoms with Crippen LogP contribution in [0.5, 0.6) is 0 Å². The molecule has 9 heavy (non-hydrogen) atoms. The topological polar surface area (TPSA) is 0 Å². The molecule has 0 saturated heterocycles. The SMILES string of the molecule is CCSCC(C)(C)CC. The average Bonchev–Trinajstić information content (AvgIpc) is 1.84. The van der Waals surface area contributed by atoms with Crippen molar-refractivity contribution in [3.8, 4) is 0 Å². The molecule has 0 spiro atoms. The van der Waals surface area contributed by atoms with E-state index in [-0.39, 0.29) is 0 Å². The first-order chi connectivity index (χ1) is 4.12. The maximum absolute atomic E-state index is 2.33. The zero-order valence-corrected chi connectivity index (χ0v) is 7.85. The minimum absolute atomic E-state index is 0.556. The largest absolute Gasteiger partial charge is 0.162 e. The Balaban J connectivity index is 3.33. The molecule has 0 aromatic carbocycles. The third-order valence-electron chi connectivity index (χ3n) is 1.65. The molecule has 0 saturated carbocycles. The van der Waals surface area contributed by atoms with Crippen LogP contribution in [-0.2, 0) is 0 Å². The highest BCUT2D eigenvalue weighted by molar-refractivity contribution is 7.99. The summed E-state index contributed by atoms with van der Waals surface area (Å²) in [4.78, 5) is 0. The molecule has 0 heterocycles. The van der Waals surface area contributed by atoms with Crippen LogP contribution in [0, 0.1) is 5.41 Å². The van der Waals surface area contributed by atoms with Crippen molar-refractivity contribution in [2.45, 2.75) is 34.1 Å². The Bertz CT molecular complexity index is 67.0. The number of rotatable bonds is 4. The maximum atomic E-state index is 2.33. The van der Waals surface area contributed by atoms with Gasteiger partial charge in [0.15, 0.2) is 0 Å². The Labute approximate surface area is 63.4 Å². The first kappa shape index (κ1) is 9.35. The van der Waals surface area contributed by atoms with Crippen LogP contribution in [0.25, 0.3) is 0 Å². The van der Waals surface area contributed by atoms with Gasteiger partial charge in [0.1, 0.15) is 0 Å². The third kappa shape index (κ3) is 4.83. The predicted molar refractivity (Wildman–Crippen MR) is 47.1 cm³/mol. The lowest BCUT2D eigenvalue weighted by molar-refractivity contribution is 0.408. The second-order valence-corrected chi connectivity index (χ2v) is 4.43. The molecular formula is C8H18S. The minimum atomic E-state index is 0.556. The van der Waals surface area contributed by atoms with Crippen molar-refractivity contribution in [2.75, 3.05) is 11.5 Å². The first-order valence-corrected chi connectivity index (χ1v) is 4.85. The van der Waals surface area contributed by atoms with Crippen LogP contribution in [-0.4, -0.2) is 11.5 Å². The molecule has 0 aliphatic rings. The molecule has 0 amide bonds. The highest BCUT2D eigenvalue weighted by Gasteiger charge is 2.13. The molecule has 1 heteroatoms. The normalized spacial score (nSPS) is 12.0. The summed E-state index contributed by atoms with van der Waals surface area (Å²) < 4.78 is 0. The smallest absolute Gasteiger partial charge is 0.00163 e. The fourth-order valence-electron chi connectivity index (χ4n) is 0.480. The monoisotopic (exact) mass is 146 g/mol. The molecule has 0 unspecified atom stereocenters. The van der Waals surface area contributed by atoms with Crippen LogP contribution < -0.4 is 0 Å². The summed E-state index contributed by atoms with van der Waals surface area (Å²) in [5.41, 5.74) is 0.556. The van der Waals surface area contributed by atoms with Crippen LogP contribution in [0.15, 0.2) is 0 Å². The molecule has 0 aliphatic carbocycles. The minimum Gasteiger partial charge on any atom is -0.162 e. The van der Waals surface area contributed by atoms with Crippen LogP contribution in [0.1, 0.15) is 34.1 Å². The van der Waals surface area contributed by atoms with Gasteiger partial charge in [0.2, 0.25) is 0 Å². The molecule has 0 aromatic rings. The summed E-state index contributed by atoms with van der Waals surface area (Å²) in [5.74, 6) is 2.56. The molecule has 0 atom stereocenters. The van der Waals surface area contributed by atoms with E-state index in [1.807, 2.05) is 11.8 Å². The summed E-state index contributed by atoms with van der Waals surface area (Å²) in [6, 6.07) is 0. The fourth-order valence-corrected chi connectivity index (χ4v) is 1.44. The highest BCUT2D eigenvalue weighted by Crippen LogP contribution is 2.24. The maximum Gasteiger partial charge on any atom is -0.00163 e. The fraction of sp³-hybridized carbons (Fsp3) is 1.00. The molecule has 0 aliphatic heterocycles. The second-order valence-electron chi connectivity index (χ2n) is 3.15. The van der Waals surface area contributed by atoms with Gasteiger partial charge < -0.3 is 0 Å². The standard InChI is InChI=1S/C8H18S/c1-5-8(3,4)7-9-6-2/h5-7H2,1-4H3. The summed E-state index contributed by atoms with van der Waals surface area (Å²) in [7, 11) is 0. The predicted octanol–water partition coefficient (Wildman–Crippen LogP) is 3.18. The van der Waals surface area contributed by atoms with E-state index in [0.717, 1.165) is 0 Å². The van der Waals surface area contributed by atoms with Crippen molar-refractivity contribution < 1.29 is 0 Å². The second kappa shape index (κ2) is 4.21. The molecule has 0 aromatic heterocycles. The number of hydrogen-bond acceptors (Lipinski definition) is 1. The van der Waals surface area contributed by atoms with E-state index >= 15 is 0 Å². The van der Waals surface area contributed by atoms with Gasteiger partial charge in [-0.1, -0.05) is 34.1 Å². The van der Waals surface area contributed by atoms with Crippen molar-refractivity contribution in [3.05, 3.63) is 0 Å². The van der Waals surface area contributed by atoms with Crippen LogP contribution >= 0.6 is 11.8 Å². The van der Waals surface area contributed by atoms with E-state index in [9.17, 15) is 0 Å². The van der Waals surface area contributed by atoms with E-state index in [1.165, 1.54) is 17.9 Å². The highest BCUT2D eigenvalue weighted by atomic mass is 32.2. The van der Waals surface area contributed by atoms with Gasteiger partial charge in [-0.05, 0) is 16.9 Å². The molecule has 0 bridgehead atoms. The van der Waals surface area contributed by atoms with E-state index in [1.54, 1.807) is 0 Å². The zero-order chi connectivity index (χ0) is 7.33. The Morgan fingerprint density at radius 1 is 1.22 bits per heavy atom. The quantitative estimate of drug-likeness (QED) is 0.587. The molecule has 0 N–H and O–H groups in total. The van der Waals surface area contributed by atoms with Gasteiger partial charge in [-0.25, -0.2) is 0 Å². The Kier molecular flexibility index (Phi) is 4.37. The summed E-state index contributed by atoms with van der Waals surface area (Å²) >= 11 is 2.04. The van der Waals surface area contributed by atoms with Crippen LogP contribution in [0.3, 0.4) is 0 Å². The summed E-state index contributed by atoms with van der Waals surface area (Å²) in [5, 5.41) is 0. The van der Waals surface area contributed by atoms with Gasteiger partial charge in [0.05, 0.1) is 0 Å². The molecule has 0 rings (SSSR count). The molecule has 0 radical (unpaired) electrons. The van der Waals surface area contributed by atoms with E-state index in [2.05, 4.69) is 27.7 Å². The van der Waals surface area contributed by atoms with Crippen molar-refractivity contribution in [1.29, 1.82) is 0 Å². The molecular weight excluding hydrogens is 128 g/mol. The lowest BCUT2D eigenvalue weighted by atomic mass is 9.93. The van der Waals surface area contributed by atoms with E-state index < -0.39 is 0 Å². The number of thioether (sulfide) groups is 1. The van der Waals surface area contributed by atoms with Crippen LogP contribution in [0.2, 0.25) is 0 Å². The Hall–Kier alpha value is 0.350. The Morgan fingerprint density at radius 2 is 1.78 bits per heavy atom. The van der Waals surface area contributed by atoms with Crippen molar-refractivity contribution in [1.82, 2.24) is 0 Å². The Morgan fingerprint density at radius 3 is 2.11 bits per heavy atom. The summed E-state index contributed by atoms with van der Waals surface area (Å²) in [6.07, 6.45) is 1.29.